The van der Waals surface area contributed by atoms with Gasteiger partial charge in [-0.2, -0.15) is 0 Å². The fourth-order valence-electron chi connectivity index (χ4n) is 3.27. The van der Waals surface area contributed by atoms with E-state index in [9.17, 15) is 4.79 Å². The van der Waals surface area contributed by atoms with E-state index >= 15 is 0 Å². The van der Waals surface area contributed by atoms with Crippen LogP contribution in [0.5, 0.6) is 5.75 Å². The second-order valence-electron chi connectivity index (χ2n) is 6.36. The maximum Gasteiger partial charge on any atom is 0.240 e. The number of benzene rings is 2. The number of nitrogens with zero attached hydrogens (tertiary/aromatic N) is 2. The number of ether oxygens (including phenoxy) is 1. The molecule has 2 heterocycles. The molecule has 4 rings (SSSR count). The molecule has 1 aliphatic rings. The first-order chi connectivity index (χ1) is 12.7. The molecular formula is C20H21N3O2S. The van der Waals surface area contributed by atoms with Crippen LogP contribution in [0, 0.1) is 0 Å². The molecule has 0 atom stereocenters. The van der Waals surface area contributed by atoms with Gasteiger partial charge in [-0.3, -0.25) is 9.69 Å². The molecule has 3 aromatic rings. The Morgan fingerprint density at radius 2 is 2.12 bits per heavy atom. The monoisotopic (exact) mass is 367 g/mol. The van der Waals surface area contributed by atoms with Crippen LogP contribution in [0.2, 0.25) is 0 Å². The molecular weight excluding hydrogens is 346 g/mol. The van der Waals surface area contributed by atoms with Crippen molar-refractivity contribution in [3.63, 3.8) is 0 Å². The third-order valence-electron chi connectivity index (χ3n) is 4.49. The molecule has 6 heteroatoms. The number of amides is 1. The zero-order valence-corrected chi connectivity index (χ0v) is 15.5. The van der Waals surface area contributed by atoms with Gasteiger partial charge in [-0.1, -0.05) is 35.6 Å². The molecule has 0 saturated heterocycles. The number of fused-ring (bicyclic) bond motifs is 2. The zero-order valence-electron chi connectivity index (χ0n) is 14.7. The van der Waals surface area contributed by atoms with Crippen molar-refractivity contribution in [3.05, 3.63) is 53.6 Å². The average Bonchev–Trinajstić information content (AvgIpc) is 3.03. The number of rotatable bonds is 5. The predicted octanol–water partition coefficient (Wildman–Crippen LogP) is 3.69. The summed E-state index contributed by atoms with van der Waals surface area (Å²) in [5.74, 6) is 0.807. The molecule has 0 aliphatic carbocycles. The number of thiazole rings is 1. The van der Waals surface area contributed by atoms with E-state index in [0.717, 1.165) is 35.5 Å². The highest BCUT2D eigenvalue weighted by atomic mass is 32.1. The molecule has 1 aliphatic heterocycles. The highest BCUT2D eigenvalue weighted by Gasteiger charge is 2.18. The highest BCUT2D eigenvalue weighted by Crippen LogP contribution is 2.29. The number of hydrogen-bond donors (Lipinski definition) is 1. The molecule has 0 saturated carbocycles. The minimum atomic E-state index is -0.0199. The Morgan fingerprint density at radius 3 is 2.96 bits per heavy atom. The van der Waals surface area contributed by atoms with Crippen LogP contribution in [0.15, 0.2) is 42.5 Å². The summed E-state index contributed by atoms with van der Waals surface area (Å²) in [6.45, 7) is 4.70. The summed E-state index contributed by atoms with van der Waals surface area (Å²) in [5.41, 5.74) is 3.58. The third-order valence-corrected chi connectivity index (χ3v) is 5.43. The summed E-state index contributed by atoms with van der Waals surface area (Å²) < 4.78 is 6.53. The molecule has 134 valence electrons. The largest absolute Gasteiger partial charge is 0.494 e. The molecule has 0 radical (unpaired) electrons. The van der Waals surface area contributed by atoms with Crippen LogP contribution in [0.25, 0.3) is 10.2 Å². The van der Waals surface area contributed by atoms with Crippen LogP contribution in [-0.2, 0) is 17.8 Å². The van der Waals surface area contributed by atoms with Gasteiger partial charge in [-0.15, -0.1) is 0 Å². The van der Waals surface area contributed by atoms with Gasteiger partial charge in [-0.05, 0) is 42.7 Å². The third kappa shape index (κ3) is 3.71. The molecule has 0 unspecified atom stereocenters. The first-order valence-electron chi connectivity index (χ1n) is 8.83. The summed E-state index contributed by atoms with van der Waals surface area (Å²) in [6, 6.07) is 14.2. The molecule has 26 heavy (non-hydrogen) atoms. The van der Waals surface area contributed by atoms with Crippen LogP contribution < -0.4 is 10.1 Å². The Balaban J connectivity index is 1.40. The lowest BCUT2D eigenvalue weighted by Crippen LogP contribution is -2.37. The Morgan fingerprint density at radius 1 is 1.27 bits per heavy atom. The first-order valence-corrected chi connectivity index (χ1v) is 9.65. The topological polar surface area (TPSA) is 54.5 Å². The van der Waals surface area contributed by atoms with E-state index in [1.807, 2.05) is 25.1 Å². The van der Waals surface area contributed by atoms with E-state index in [1.54, 1.807) is 0 Å². The van der Waals surface area contributed by atoms with Gasteiger partial charge >= 0.3 is 0 Å². The Labute approximate surface area is 156 Å². The van der Waals surface area contributed by atoms with Crippen molar-refractivity contribution in [1.29, 1.82) is 0 Å². The Kier molecular flexibility index (Phi) is 4.86. The average molecular weight is 367 g/mol. The molecule has 1 N–H and O–H groups in total. The smallest absolute Gasteiger partial charge is 0.240 e. The van der Waals surface area contributed by atoms with Crippen molar-refractivity contribution in [1.82, 2.24) is 9.88 Å². The number of carbonyl (C=O) groups is 1. The number of hydrogen-bond acceptors (Lipinski definition) is 5. The van der Waals surface area contributed by atoms with Crippen molar-refractivity contribution in [2.75, 3.05) is 25.0 Å². The second-order valence-corrected chi connectivity index (χ2v) is 7.39. The molecule has 1 amide bonds. The number of anilines is 1. The maximum atomic E-state index is 12.4. The van der Waals surface area contributed by atoms with Crippen LogP contribution in [0.3, 0.4) is 0 Å². The normalized spacial score (nSPS) is 14.2. The molecule has 5 nitrogen and oxygen atoms in total. The van der Waals surface area contributed by atoms with Crippen molar-refractivity contribution in [3.8, 4) is 5.75 Å². The van der Waals surface area contributed by atoms with Crippen LogP contribution in [0.1, 0.15) is 18.1 Å². The molecule has 1 aromatic heterocycles. The highest BCUT2D eigenvalue weighted by molar-refractivity contribution is 7.22. The summed E-state index contributed by atoms with van der Waals surface area (Å²) in [4.78, 5) is 19.1. The second kappa shape index (κ2) is 7.43. The summed E-state index contributed by atoms with van der Waals surface area (Å²) >= 11 is 1.47. The predicted molar refractivity (Wildman–Crippen MR) is 105 cm³/mol. The fraction of sp³-hybridized carbons (Fsp3) is 0.300. The maximum absolute atomic E-state index is 12.4. The standard InChI is InChI=1S/C20H21N3O2S/c1-2-25-16-7-8-17-18(11-16)26-20(21-17)22-19(24)13-23-10-9-14-5-3-4-6-15(14)12-23/h3-8,11H,2,9-10,12-13H2,1H3,(H,21,22,24). The van der Waals surface area contributed by atoms with Gasteiger partial charge in [0.15, 0.2) is 5.13 Å². The van der Waals surface area contributed by atoms with E-state index in [0.29, 0.717) is 18.3 Å². The minimum absolute atomic E-state index is 0.0199. The van der Waals surface area contributed by atoms with E-state index in [1.165, 1.54) is 22.5 Å². The zero-order chi connectivity index (χ0) is 17.9. The van der Waals surface area contributed by atoms with Gasteiger partial charge in [0.25, 0.3) is 0 Å². The SMILES string of the molecule is CCOc1ccc2nc(NC(=O)CN3CCc4ccccc4C3)sc2c1. The quantitative estimate of drug-likeness (QED) is 0.747. The van der Waals surface area contributed by atoms with Gasteiger partial charge < -0.3 is 10.1 Å². The van der Waals surface area contributed by atoms with Crippen LogP contribution in [0.4, 0.5) is 5.13 Å². The lowest BCUT2D eigenvalue weighted by Gasteiger charge is -2.27. The van der Waals surface area contributed by atoms with Gasteiger partial charge in [0.1, 0.15) is 5.75 Å². The van der Waals surface area contributed by atoms with E-state index in [-0.39, 0.29) is 5.91 Å². The van der Waals surface area contributed by atoms with Crippen molar-refractivity contribution in [2.45, 2.75) is 19.9 Å². The van der Waals surface area contributed by atoms with E-state index in [2.05, 4.69) is 39.5 Å². The van der Waals surface area contributed by atoms with Crippen molar-refractivity contribution >= 4 is 32.6 Å². The molecule has 0 spiro atoms. The van der Waals surface area contributed by atoms with Gasteiger partial charge in [0.2, 0.25) is 5.91 Å². The fourth-order valence-corrected chi connectivity index (χ4v) is 4.18. The first kappa shape index (κ1) is 17.0. The lowest BCUT2D eigenvalue weighted by molar-refractivity contribution is -0.117. The van der Waals surface area contributed by atoms with E-state index in [4.69, 9.17) is 4.74 Å². The number of aromatic nitrogens is 1. The van der Waals surface area contributed by atoms with Crippen molar-refractivity contribution < 1.29 is 9.53 Å². The number of carbonyl (C=O) groups excluding carboxylic acids is 1. The Bertz CT molecular complexity index is 938. The van der Waals surface area contributed by atoms with Crippen LogP contribution >= 0.6 is 11.3 Å². The number of nitrogens with one attached hydrogen (secondary N) is 1. The van der Waals surface area contributed by atoms with Crippen molar-refractivity contribution in [2.24, 2.45) is 0 Å². The summed E-state index contributed by atoms with van der Waals surface area (Å²) in [5, 5.41) is 3.58. The van der Waals surface area contributed by atoms with Crippen LogP contribution in [-0.4, -0.2) is 35.5 Å². The Hall–Kier alpha value is -2.44. The molecule has 0 bridgehead atoms. The molecule has 0 fully saturated rings. The minimum Gasteiger partial charge on any atom is -0.494 e. The van der Waals surface area contributed by atoms with Gasteiger partial charge in [0.05, 0.1) is 23.4 Å². The van der Waals surface area contributed by atoms with E-state index < -0.39 is 0 Å². The summed E-state index contributed by atoms with van der Waals surface area (Å²) in [6.07, 6.45) is 0.991. The lowest BCUT2D eigenvalue weighted by atomic mass is 10.00. The van der Waals surface area contributed by atoms with Gasteiger partial charge in [0, 0.05) is 13.1 Å². The molecule has 2 aromatic carbocycles. The summed E-state index contributed by atoms with van der Waals surface area (Å²) in [7, 11) is 0. The van der Waals surface area contributed by atoms with Gasteiger partial charge in [-0.25, -0.2) is 4.98 Å².